The van der Waals surface area contributed by atoms with Crippen molar-refractivity contribution in [3.63, 3.8) is 0 Å². The first-order chi connectivity index (χ1) is 10.2. The molecule has 1 amide bonds. The lowest BCUT2D eigenvalue weighted by atomic mass is 9.79. The molecule has 0 bridgehead atoms. The van der Waals surface area contributed by atoms with Crippen molar-refractivity contribution in [2.45, 2.75) is 51.4 Å². The molecular weight excluding hydrogens is 262 g/mol. The zero-order valence-electron chi connectivity index (χ0n) is 13.4. The second-order valence-electron chi connectivity index (χ2n) is 7.43. The van der Waals surface area contributed by atoms with E-state index >= 15 is 0 Å². The predicted molar refractivity (Wildman–Crippen MR) is 84.9 cm³/mol. The predicted octanol–water partition coefficient (Wildman–Crippen LogP) is 1.84. The monoisotopic (exact) mass is 293 g/mol. The molecule has 3 aliphatic rings. The van der Waals surface area contributed by atoms with Gasteiger partial charge in [-0.2, -0.15) is 0 Å². The van der Waals surface area contributed by atoms with E-state index in [9.17, 15) is 4.79 Å². The van der Waals surface area contributed by atoms with Gasteiger partial charge in [-0.25, -0.2) is 0 Å². The van der Waals surface area contributed by atoms with E-state index in [1.165, 1.54) is 45.1 Å². The molecule has 2 saturated carbocycles. The van der Waals surface area contributed by atoms with Crippen molar-refractivity contribution in [2.24, 2.45) is 17.1 Å². The fourth-order valence-corrected chi connectivity index (χ4v) is 4.05. The van der Waals surface area contributed by atoms with Crippen LogP contribution in [0.15, 0.2) is 0 Å². The largest absolute Gasteiger partial charge is 0.340 e. The van der Waals surface area contributed by atoms with Gasteiger partial charge in [-0.15, -0.1) is 0 Å². The smallest absolute Gasteiger partial charge is 0.230 e. The molecule has 1 saturated heterocycles. The normalized spacial score (nSPS) is 27.4. The van der Waals surface area contributed by atoms with Gasteiger partial charge in [-0.3, -0.25) is 9.69 Å². The van der Waals surface area contributed by atoms with E-state index in [4.69, 9.17) is 5.73 Å². The highest BCUT2D eigenvalue weighted by atomic mass is 16.2. The highest BCUT2D eigenvalue weighted by molar-refractivity contribution is 5.83. The zero-order valence-corrected chi connectivity index (χ0v) is 13.4. The first kappa shape index (κ1) is 15.3. The minimum absolute atomic E-state index is 0.241. The van der Waals surface area contributed by atoms with Gasteiger partial charge in [0.1, 0.15) is 0 Å². The van der Waals surface area contributed by atoms with Crippen LogP contribution < -0.4 is 5.73 Å². The molecule has 0 aromatic heterocycles. The zero-order chi connectivity index (χ0) is 14.7. The third-order valence-corrected chi connectivity index (χ3v) is 5.78. The molecule has 2 N–H and O–H groups in total. The molecule has 4 heteroatoms. The molecule has 0 spiro atoms. The van der Waals surface area contributed by atoms with Crippen LogP contribution in [0.3, 0.4) is 0 Å². The van der Waals surface area contributed by atoms with Crippen molar-refractivity contribution in [2.75, 3.05) is 39.3 Å². The van der Waals surface area contributed by atoms with Crippen LogP contribution in [-0.2, 0) is 4.79 Å². The Kier molecular flexibility index (Phi) is 4.85. The summed E-state index contributed by atoms with van der Waals surface area (Å²) in [5.41, 5.74) is 5.82. The molecule has 21 heavy (non-hydrogen) atoms. The number of carbonyl (C=O) groups excluding carboxylic acids is 1. The maximum Gasteiger partial charge on any atom is 0.230 e. The lowest BCUT2D eigenvalue weighted by molar-refractivity contribution is -0.144. The molecule has 1 heterocycles. The number of rotatable bonds is 4. The summed E-state index contributed by atoms with van der Waals surface area (Å²) >= 11 is 0. The van der Waals surface area contributed by atoms with Crippen molar-refractivity contribution in [1.82, 2.24) is 9.80 Å². The maximum absolute atomic E-state index is 13.0. The quantitative estimate of drug-likeness (QED) is 0.805. The molecule has 120 valence electrons. The Morgan fingerprint density at radius 2 is 1.62 bits per heavy atom. The highest BCUT2D eigenvalue weighted by Crippen LogP contribution is 2.36. The van der Waals surface area contributed by atoms with Gasteiger partial charge in [-0.1, -0.05) is 25.7 Å². The van der Waals surface area contributed by atoms with Crippen LogP contribution in [0.4, 0.5) is 0 Å². The van der Waals surface area contributed by atoms with Crippen LogP contribution in [0.25, 0.3) is 0 Å². The van der Waals surface area contributed by atoms with Crippen LogP contribution in [0.2, 0.25) is 0 Å². The lowest BCUT2D eigenvalue weighted by Crippen LogP contribution is -2.55. The Labute approximate surface area is 129 Å². The average Bonchev–Trinajstić information content (AvgIpc) is 3.34. The average molecular weight is 293 g/mol. The van der Waals surface area contributed by atoms with Crippen molar-refractivity contribution in [3.05, 3.63) is 0 Å². The molecule has 2 aliphatic carbocycles. The number of carbonyl (C=O) groups is 1. The second-order valence-corrected chi connectivity index (χ2v) is 7.43. The Balaban J connectivity index is 1.56. The van der Waals surface area contributed by atoms with Gasteiger partial charge in [0, 0.05) is 39.3 Å². The summed E-state index contributed by atoms with van der Waals surface area (Å²) in [6.07, 6.45) is 9.71. The molecule has 4 nitrogen and oxygen atoms in total. The van der Waals surface area contributed by atoms with Crippen LogP contribution >= 0.6 is 0 Å². The van der Waals surface area contributed by atoms with Gasteiger partial charge < -0.3 is 10.6 Å². The lowest BCUT2D eigenvalue weighted by Gasteiger charge is -2.40. The van der Waals surface area contributed by atoms with Crippen molar-refractivity contribution >= 4 is 5.91 Å². The minimum atomic E-state index is -0.241. The third kappa shape index (κ3) is 3.59. The summed E-state index contributed by atoms with van der Waals surface area (Å²) in [7, 11) is 0. The van der Waals surface area contributed by atoms with Gasteiger partial charge in [0.05, 0.1) is 5.41 Å². The van der Waals surface area contributed by atoms with E-state index in [2.05, 4.69) is 9.80 Å². The number of nitrogens with zero attached hydrogens (tertiary/aromatic N) is 2. The number of amides is 1. The van der Waals surface area contributed by atoms with Gasteiger partial charge >= 0.3 is 0 Å². The van der Waals surface area contributed by atoms with Crippen molar-refractivity contribution < 1.29 is 4.79 Å². The third-order valence-electron chi connectivity index (χ3n) is 5.78. The van der Waals surface area contributed by atoms with Crippen LogP contribution in [0.1, 0.15) is 51.4 Å². The first-order valence-electron chi connectivity index (χ1n) is 8.95. The molecular formula is C17H31N3O. The summed E-state index contributed by atoms with van der Waals surface area (Å²) in [5, 5.41) is 0. The summed E-state index contributed by atoms with van der Waals surface area (Å²) in [5.74, 6) is 1.31. The summed E-state index contributed by atoms with van der Waals surface area (Å²) in [6.45, 7) is 5.73. The summed E-state index contributed by atoms with van der Waals surface area (Å²) in [6, 6.07) is 0. The molecule has 0 aromatic carbocycles. The fourth-order valence-electron chi connectivity index (χ4n) is 4.05. The Morgan fingerprint density at radius 3 is 2.14 bits per heavy atom. The van der Waals surface area contributed by atoms with Crippen LogP contribution in [0, 0.1) is 11.3 Å². The SMILES string of the molecule is NCC1(C(=O)N2CCN(CC3CC3)CC2)CCCCCC1. The first-order valence-corrected chi connectivity index (χ1v) is 8.95. The van der Waals surface area contributed by atoms with E-state index in [1.807, 2.05) is 0 Å². The molecule has 0 aromatic rings. The molecule has 0 unspecified atom stereocenters. The Morgan fingerprint density at radius 1 is 1.00 bits per heavy atom. The van der Waals surface area contributed by atoms with Crippen LogP contribution in [0.5, 0.6) is 0 Å². The summed E-state index contributed by atoms with van der Waals surface area (Å²) < 4.78 is 0. The second kappa shape index (κ2) is 6.66. The van der Waals surface area contributed by atoms with Crippen molar-refractivity contribution in [3.8, 4) is 0 Å². The number of nitrogens with two attached hydrogens (primary N) is 1. The summed E-state index contributed by atoms with van der Waals surface area (Å²) in [4.78, 5) is 17.7. The number of piperazine rings is 1. The minimum Gasteiger partial charge on any atom is -0.340 e. The van der Waals surface area contributed by atoms with E-state index in [1.54, 1.807) is 0 Å². The standard InChI is InChI=1S/C17H31N3O/c18-14-17(7-3-1-2-4-8-17)16(21)20-11-9-19(10-12-20)13-15-5-6-15/h15H,1-14,18H2. The topological polar surface area (TPSA) is 49.6 Å². The molecule has 1 aliphatic heterocycles. The molecule has 3 fully saturated rings. The molecule has 0 radical (unpaired) electrons. The van der Waals surface area contributed by atoms with Gasteiger partial charge in [0.2, 0.25) is 5.91 Å². The van der Waals surface area contributed by atoms with Gasteiger partial charge in [0.25, 0.3) is 0 Å². The van der Waals surface area contributed by atoms with Gasteiger partial charge in [0.15, 0.2) is 0 Å². The maximum atomic E-state index is 13.0. The Hall–Kier alpha value is -0.610. The molecule has 0 atom stereocenters. The van der Waals surface area contributed by atoms with E-state index in [0.29, 0.717) is 12.5 Å². The van der Waals surface area contributed by atoms with E-state index in [-0.39, 0.29) is 5.41 Å². The van der Waals surface area contributed by atoms with E-state index in [0.717, 1.165) is 44.9 Å². The van der Waals surface area contributed by atoms with E-state index < -0.39 is 0 Å². The number of hydrogen-bond donors (Lipinski definition) is 1. The van der Waals surface area contributed by atoms with Crippen LogP contribution in [-0.4, -0.2) is 55.0 Å². The van der Waals surface area contributed by atoms with Crippen molar-refractivity contribution in [1.29, 1.82) is 0 Å². The fraction of sp³-hybridized carbons (Fsp3) is 0.941. The Bertz CT molecular complexity index is 351. The highest BCUT2D eigenvalue weighted by Gasteiger charge is 2.40. The molecule has 3 rings (SSSR count). The number of hydrogen-bond acceptors (Lipinski definition) is 3. The van der Waals surface area contributed by atoms with Gasteiger partial charge in [-0.05, 0) is 31.6 Å².